The zero-order valence-electron chi connectivity index (χ0n) is 15.1. The van der Waals surface area contributed by atoms with Crippen LogP contribution in [0.1, 0.15) is 54.3 Å². The topological polar surface area (TPSA) is 46.2 Å². The van der Waals surface area contributed by atoms with Gasteiger partial charge in [0.25, 0.3) is 0 Å². The fraction of sp³-hybridized carbons (Fsp3) is 0.429. The van der Waals surface area contributed by atoms with Gasteiger partial charge in [-0.05, 0) is 30.5 Å². The van der Waals surface area contributed by atoms with Crippen LogP contribution in [0.2, 0.25) is 0 Å². The monoisotopic (exact) mass is 357 g/mol. The summed E-state index contributed by atoms with van der Waals surface area (Å²) in [5.74, 6) is 0.188. The maximum absolute atomic E-state index is 12.2. The maximum Gasteiger partial charge on any atom is 0.223 e. The van der Waals surface area contributed by atoms with Gasteiger partial charge in [-0.25, -0.2) is 0 Å². The number of hydrogen-bond acceptors (Lipinski definition) is 3. The average molecular weight is 358 g/mol. The van der Waals surface area contributed by atoms with E-state index in [0.29, 0.717) is 5.56 Å². The lowest BCUT2D eigenvalue weighted by Gasteiger charge is -2.14. The van der Waals surface area contributed by atoms with E-state index in [2.05, 4.69) is 24.4 Å². The fourth-order valence-electron chi connectivity index (χ4n) is 2.96. The molecule has 0 bridgehead atoms. The Kier molecular flexibility index (Phi) is 7.86. The third-order valence-electron chi connectivity index (χ3n) is 4.46. The summed E-state index contributed by atoms with van der Waals surface area (Å²) in [6, 6.07) is 11.8. The smallest absolute Gasteiger partial charge is 0.223 e. The minimum absolute atomic E-state index is 0.0470. The lowest BCUT2D eigenvalue weighted by atomic mass is 9.96. The van der Waals surface area contributed by atoms with E-state index in [-0.39, 0.29) is 11.8 Å². The van der Waals surface area contributed by atoms with E-state index in [4.69, 9.17) is 0 Å². The summed E-state index contributed by atoms with van der Waals surface area (Å²) in [7, 11) is 1.72. The molecule has 0 fully saturated rings. The Morgan fingerprint density at radius 2 is 1.88 bits per heavy atom. The van der Waals surface area contributed by atoms with Gasteiger partial charge in [0.15, 0.2) is 0 Å². The lowest BCUT2D eigenvalue weighted by molar-refractivity contribution is -0.124. The van der Waals surface area contributed by atoms with Crippen LogP contribution in [-0.2, 0) is 11.2 Å². The third kappa shape index (κ3) is 5.82. The van der Waals surface area contributed by atoms with Gasteiger partial charge in [0.05, 0.1) is 0 Å². The van der Waals surface area contributed by atoms with Crippen molar-refractivity contribution in [3.05, 3.63) is 46.8 Å². The van der Waals surface area contributed by atoms with Crippen LogP contribution in [-0.4, -0.2) is 19.2 Å². The first-order valence-corrected chi connectivity index (χ1v) is 9.85. The quantitative estimate of drug-likeness (QED) is 0.475. The van der Waals surface area contributed by atoms with E-state index < -0.39 is 0 Å². The van der Waals surface area contributed by atoms with Crippen molar-refractivity contribution in [1.82, 2.24) is 5.32 Å². The molecule has 1 unspecified atom stereocenters. The Labute approximate surface area is 154 Å². The van der Waals surface area contributed by atoms with Crippen LogP contribution >= 0.6 is 11.3 Å². The molecule has 0 aliphatic carbocycles. The summed E-state index contributed by atoms with van der Waals surface area (Å²) in [6.45, 7) is 2.20. The molecule has 2 rings (SSSR count). The Balaban J connectivity index is 2.02. The Hall–Kier alpha value is -1.94. The molecular weight excluding hydrogens is 330 g/mol. The lowest BCUT2D eigenvalue weighted by Crippen LogP contribution is -2.28. The van der Waals surface area contributed by atoms with Crippen LogP contribution in [0.4, 0.5) is 0 Å². The molecule has 0 radical (unpaired) electrons. The number of carbonyl (C=O) groups is 2. The number of thiophene rings is 1. The van der Waals surface area contributed by atoms with E-state index in [9.17, 15) is 9.59 Å². The van der Waals surface area contributed by atoms with Crippen LogP contribution < -0.4 is 5.32 Å². The van der Waals surface area contributed by atoms with E-state index >= 15 is 0 Å². The summed E-state index contributed by atoms with van der Waals surface area (Å²) >= 11 is 1.73. The fourth-order valence-corrected chi connectivity index (χ4v) is 4.05. The molecule has 134 valence electrons. The SMILES string of the molecule is CCCCCCC(Cc1ccc(-c2ccc(C=O)cc2)s1)C(=O)NC. The third-order valence-corrected chi connectivity index (χ3v) is 5.62. The second-order valence-corrected chi connectivity index (χ2v) is 7.54. The van der Waals surface area contributed by atoms with E-state index in [0.717, 1.165) is 31.1 Å². The van der Waals surface area contributed by atoms with Crippen molar-refractivity contribution in [2.75, 3.05) is 7.05 Å². The molecule has 1 N–H and O–H groups in total. The van der Waals surface area contributed by atoms with Gasteiger partial charge in [-0.3, -0.25) is 9.59 Å². The first-order chi connectivity index (χ1) is 12.2. The molecular formula is C21H27NO2S. The van der Waals surface area contributed by atoms with Crippen LogP contribution in [0.15, 0.2) is 36.4 Å². The Bertz CT molecular complexity index is 675. The molecule has 1 amide bonds. The van der Waals surface area contributed by atoms with Crippen molar-refractivity contribution in [1.29, 1.82) is 0 Å². The molecule has 2 aromatic rings. The van der Waals surface area contributed by atoms with Crippen molar-refractivity contribution in [3.63, 3.8) is 0 Å². The van der Waals surface area contributed by atoms with Crippen molar-refractivity contribution in [2.45, 2.75) is 45.4 Å². The second-order valence-electron chi connectivity index (χ2n) is 6.37. The van der Waals surface area contributed by atoms with Gasteiger partial charge in [-0.15, -0.1) is 11.3 Å². The summed E-state index contributed by atoms with van der Waals surface area (Å²) in [4.78, 5) is 25.4. The molecule has 0 spiro atoms. The van der Waals surface area contributed by atoms with Crippen molar-refractivity contribution in [2.24, 2.45) is 5.92 Å². The Morgan fingerprint density at radius 3 is 2.52 bits per heavy atom. The number of hydrogen-bond donors (Lipinski definition) is 1. The Morgan fingerprint density at radius 1 is 1.12 bits per heavy atom. The summed E-state index contributed by atoms with van der Waals surface area (Å²) in [5.41, 5.74) is 1.80. The molecule has 1 aromatic carbocycles. The van der Waals surface area contributed by atoms with Crippen molar-refractivity contribution in [3.8, 4) is 10.4 Å². The van der Waals surface area contributed by atoms with E-state index in [1.165, 1.54) is 29.0 Å². The highest BCUT2D eigenvalue weighted by Gasteiger charge is 2.18. The number of amides is 1. The van der Waals surface area contributed by atoms with Gasteiger partial charge < -0.3 is 5.32 Å². The number of nitrogens with one attached hydrogen (secondary N) is 1. The van der Waals surface area contributed by atoms with Gasteiger partial charge >= 0.3 is 0 Å². The molecule has 1 aromatic heterocycles. The molecule has 0 aliphatic rings. The molecule has 25 heavy (non-hydrogen) atoms. The number of carbonyl (C=O) groups excluding carboxylic acids is 2. The van der Waals surface area contributed by atoms with E-state index in [1.54, 1.807) is 18.4 Å². The molecule has 1 heterocycles. The van der Waals surface area contributed by atoms with Gasteiger partial charge in [0.1, 0.15) is 6.29 Å². The number of benzene rings is 1. The summed E-state index contributed by atoms with van der Waals surface area (Å²) in [5, 5.41) is 2.81. The first kappa shape index (κ1) is 19.4. The normalized spacial score (nSPS) is 11.9. The average Bonchev–Trinajstić information content (AvgIpc) is 3.12. The number of unbranched alkanes of at least 4 members (excludes halogenated alkanes) is 3. The highest BCUT2D eigenvalue weighted by Crippen LogP contribution is 2.30. The second kappa shape index (κ2) is 10.1. The number of aldehydes is 1. The largest absolute Gasteiger partial charge is 0.359 e. The summed E-state index contributed by atoms with van der Waals surface area (Å²) < 4.78 is 0. The molecule has 0 saturated heterocycles. The predicted octanol–water partition coefficient (Wildman–Crippen LogP) is 5.10. The molecule has 0 aliphatic heterocycles. The van der Waals surface area contributed by atoms with Crippen LogP contribution in [0, 0.1) is 5.92 Å². The van der Waals surface area contributed by atoms with Gasteiger partial charge in [0, 0.05) is 28.3 Å². The number of rotatable bonds is 10. The first-order valence-electron chi connectivity index (χ1n) is 9.03. The van der Waals surface area contributed by atoms with Crippen molar-refractivity contribution >= 4 is 23.5 Å². The van der Waals surface area contributed by atoms with Gasteiger partial charge in [-0.2, -0.15) is 0 Å². The standard InChI is InChI=1S/C21H27NO2S/c1-3-4-5-6-7-18(21(24)22-2)14-19-12-13-20(25-19)17-10-8-16(15-23)9-11-17/h8-13,15,18H,3-7,14H2,1-2H3,(H,22,24). The maximum atomic E-state index is 12.2. The van der Waals surface area contributed by atoms with E-state index in [1.807, 2.05) is 24.3 Å². The minimum Gasteiger partial charge on any atom is -0.359 e. The highest BCUT2D eigenvalue weighted by molar-refractivity contribution is 7.15. The van der Waals surface area contributed by atoms with Crippen LogP contribution in [0.3, 0.4) is 0 Å². The molecule has 1 atom stereocenters. The molecule has 0 saturated carbocycles. The molecule has 3 nitrogen and oxygen atoms in total. The van der Waals surface area contributed by atoms with Gasteiger partial charge in [-0.1, -0.05) is 56.9 Å². The predicted molar refractivity (Wildman–Crippen MR) is 105 cm³/mol. The zero-order chi connectivity index (χ0) is 18.1. The van der Waals surface area contributed by atoms with Crippen LogP contribution in [0.5, 0.6) is 0 Å². The highest BCUT2D eigenvalue weighted by atomic mass is 32.1. The zero-order valence-corrected chi connectivity index (χ0v) is 15.9. The van der Waals surface area contributed by atoms with Crippen LogP contribution in [0.25, 0.3) is 10.4 Å². The summed E-state index contributed by atoms with van der Waals surface area (Å²) in [6.07, 6.45) is 7.35. The molecule has 4 heteroatoms. The van der Waals surface area contributed by atoms with Gasteiger partial charge in [0.2, 0.25) is 5.91 Å². The minimum atomic E-state index is 0.0470. The van der Waals surface area contributed by atoms with Crippen molar-refractivity contribution < 1.29 is 9.59 Å².